The number of aromatic nitrogens is 1. The Balaban J connectivity index is 2.39. The molecule has 1 heterocycles. The summed E-state index contributed by atoms with van der Waals surface area (Å²) in [6.45, 7) is 6.87. The van der Waals surface area contributed by atoms with Crippen molar-refractivity contribution >= 4 is 0 Å². The maximum atomic E-state index is 14.2. The Morgan fingerprint density at radius 3 is 2.19 bits per heavy atom. The number of rotatable bonds is 8. The minimum Gasteiger partial charge on any atom is -0.406 e. The topological polar surface area (TPSA) is 85.5 Å². The second-order valence-corrected chi connectivity index (χ2v) is 7.60. The molecule has 0 saturated heterocycles. The monoisotopic (exact) mass is 454 g/mol. The zero-order chi connectivity index (χ0) is 24.3. The number of ether oxygens (including phenoxy) is 1. The van der Waals surface area contributed by atoms with Crippen molar-refractivity contribution in [3.05, 3.63) is 82.5 Å². The van der Waals surface area contributed by atoms with Gasteiger partial charge in [-0.1, -0.05) is 44.7 Å². The van der Waals surface area contributed by atoms with Gasteiger partial charge in [0.05, 0.1) is 0 Å². The zero-order valence-corrected chi connectivity index (χ0v) is 17.6. The predicted octanol–water partition coefficient (Wildman–Crippen LogP) is 5.36. The highest BCUT2D eigenvalue weighted by Gasteiger charge is 2.52. The van der Waals surface area contributed by atoms with E-state index in [1.165, 1.54) is 45.2 Å². The second-order valence-electron chi connectivity index (χ2n) is 7.60. The highest BCUT2D eigenvalue weighted by atomic mass is 19.4. The number of hydrogen-bond donors (Lipinski definition) is 1. The molecule has 2 rings (SSSR count). The van der Waals surface area contributed by atoms with E-state index in [4.69, 9.17) is 0 Å². The smallest absolute Gasteiger partial charge is 0.406 e. The number of pyridine rings is 1. The fourth-order valence-electron chi connectivity index (χ4n) is 3.22. The van der Waals surface area contributed by atoms with Crippen LogP contribution in [0.2, 0.25) is 0 Å². The average Bonchev–Trinajstić information content (AvgIpc) is 2.71. The molecule has 0 spiro atoms. The molecule has 32 heavy (non-hydrogen) atoms. The third kappa shape index (κ3) is 5.31. The minimum absolute atomic E-state index is 0.229. The van der Waals surface area contributed by atoms with Crippen LogP contribution in [0.25, 0.3) is 11.1 Å². The first-order valence-electron chi connectivity index (χ1n) is 9.39. The maximum absolute atomic E-state index is 14.2. The van der Waals surface area contributed by atoms with Crippen LogP contribution in [0.3, 0.4) is 0 Å². The van der Waals surface area contributed by atoms with Crippen molar-refractivity contribution in [2.45, 2.75) is 38.1 Å². The molecule has 10 heteroatoms. The largest absolute Gasteiger partial charge is 0.573 e. The van der Waals surface area contributed by atoms with Crippen molar-refractivity contribution in [2.75, 3.05) is 6.54 Å². The number of benzene rings is 1. The van der Waals surface area contributed by atoms with Crippen LogP contribution in [-0.4, -0.2) is 33.5 Å². The van der Waals surface area contributed by atoms with Crippen LogP contribution < -0.4 is 4.74 Å². The maximum Gasteiger partial charge on any atom is 0.573 e. The van der Waals surface area contributed by atoms with E-state index in [0.717, 1.165) is 18.2 Å². The van der Waals surface area contributed by atoms with E-state index in [1.807, 2.05) is 0 Å². The van der Waals surface area contributed by atoms with Crippen LogP contribution in [0.5, 0.6) is 5.75 Å². The second kappa shape index (κ2) is 9.07. The van der Waals surface area contributed by atoms with Crippen LogP contribution >= 0.6 is 0 Å². The van der Waals surface area contributed by atoms with Crippen LogP contribution in [-0.2, 0) is 5.41 Å². The Bertz CT molecular complexity index is 1020. The highest BCUT2D eigenvalue weighted by molar-refractivity contribution is 5.63. The number of hydrogen-bond acceptors (Lipinski definition) is 5. The quantitative estimate of drug-likeness (QED) is 0.251. The summed E-state index contributed by atoms with van der Waals surface area (Å²) in [5.74, 6) is -1.25. The lowest BCUT2D eigenvalue weighted by Gasteiger charge is -2.40. The summed E-state index contributed by atoms with van der Waals surface area (Å²) in [4.78, 5) is 14.7. The Labute approximate surface area is 182 Å². The molecule has 172 valence electrons. The summed E-state index contributed by atoms with van der Waals surface area (Å²) in [7, 11) is 0. The number of alkyl halides is 3. The van der Waals surface area contributed by atoms with Crippen LogP contribution in [0.15, 0.2) is 66.6 Å². The molecule has 0 saturated carbocycles. The van der Waals surface area contributed by atoms with Gasteiger partial charge in [0, 0.05) is 33.4 Å². The highest BCUT2D eigenvalue weighted by Crippen LogP contribution is 2.42. The van der Waals surface area contributed by atoms with Gasteiger partial charge in [-0.25, -0.2) is 4.39 Å². The van der Waals surface area contributed by atoms with Gasteiger partial charge in [-0.2, -0.15) is 0 Å². The van der Waals surface area contributed by atoms with Crippen LogP contribution in [0, 0.1) is 10.1 Å². The molecule has 2 aromatic rings. The van der Waals surface area contributed by atoms with Crippen molar-refractivity contribution in [3.8, 4) is 16.9 Å². The molecule has 0 aliphatic heterocycles. The SMILES string of the molecule is C=C(/C(F)=C\C)[C@@](O)(C[N+](=O)[O-])C(C)(C)c1ccc(-c2ccc(OC(F)(F)F)cc2)cn1. The molecule has 0 bridgehead atoms. The van der Waals surface area contributed by atoms with Crippen LogP contribution in [0.1, 0.15) is 26.5 Å². The summed E-state index contributed by atoms with van der Waals surface area (Å²) in [5.41, 5.74) is -2.82. The van der Waals surface area contributed by atoms with E-state index < -0.39 is 40.2 Å². The van der Waals surface area contributed by atoms with Gasteiger partial charge in [-0.05, 0) is 30.7 Å². The van der Waals surface area contributed by atoms with Crippen molar-refractivity contribution in [1.82, 2.24) is 4.98 Å². The molecule has 0 aliphatic carbocycles. The molecule has 0 unspecified atom stereocenters. The molecule has 1 aromatic carbocycles. The number of nitrogens with zero attached hydrogens (tertiary/aromatic N) is 2. The number of allylic oxidation sites excluding steroid dienone is 1. The Morgan fingerprint density at radius 1 is 1.19 bits per heavy atom. The van der Waals surface area contributed by atoms with Gasteiger partial charge in [0.2, 0.25) is 6.54 Å². The van der Waals surface area contributed by atoms with Crippen molar-refractivity contribution < 1.29 is 32.3 Å². The van der Waals surface area contributed by atoms with Gasteiger partial charge < -0.3 is 9.84 Å². The average molecular weight is 454 g/mol. The van der Waals surface area contributed by atoms with Gasteiger partial charge in [0.15, 0.2) is 5.60 Å². The molecule has 1 N–H and O–H groups in total. The fraction of sp³-hybridized carbons (Fsp3) is 0.318. The standard InChI is InChI=1S/C22H22F4N2O4/c1-5-18(23)14(2)21(29,13-28(30)31)20(3,4)19-11-8-16(12-27-19)15-6-9-17(10-7-15)32-22(24,25)26/h5-12,29H,2,13H2,1,3-4H3/b18-5+/t21-/m0/s1. The first kappa shape index (κ1) is 25.0. The summed E-state index contributed by atoms with van der Waals surface area (Å²) in [6.07, 6.45) is -2.35. The molecule has 0 fully saturated rings. The van der Waals surface area contributed by atoms with E-state index in [2.05, 4.69) is 16.3 Å². The Hall–Kier alpha value is -3.27. The van der Waals surface area contributed by atoms with Crippen molar-refractivity contribution in [2.24, 2.45) is 0 Å². The van der Waals surface area contributed by atoms with E-state index in [1.54, 1.807) is 6.07 Å². The van der Waals surface area contributed by atoms with Gasteiger partial charge in [0.1, 0.15) is 11.6 Å². The third-order valence-corrected chi connectivity index (χ3v) is 5.26. The number of aliphatic hydroxyl groups is 1. The summed E-state index contributed by atoms with van der Waals surface area (Å²) >= 11 is 0. The van der Waals surface area contributed by atoms with E-state index in [9.17, 15) is 32.8 Å². The molecule has 0 radical (unpaired) electrons. The number of nitro groups is 1. The molecular weight excluding hydrogens is 432 g/mol. The fourth-order valence-corrected chi connectivity index (χ4v) is 3.22. The molecule has 0 aliphatic rings. The molecule has 6 nitrogen and oxygen atoms in total. The Morgan fingerprint density at radius 2 is 1.75 bits per heavy atom. The lowest BCUT2D eigenvalue weighted by atomic mass is 9.68. The summed E-state index contributed by atoms with van der Waals surface area (Å²) in [5, 5.41) is 22.4. The third-order valence-electron chi connectivity index (χ3n) is 5.26. The molecule has 1 atom stereocenters. The zero-order valence-electron chi connectivity index (χ0n) is 17.6. The molecular formula is C22H22F4N2O4. The van der Waals surface area contributed by atoms with E-state index >= 15 is 0 Å². The van der Waals surface area contributed by atoms with Crippen molar-refractivity contribution in [3.63, 3.8) is 0 Å². The first-order valence-corrected chi connectivity index (χ1v) is 9.39. The normalized spacial score (nSPS) is 14.6. The van der Waals surface area contributed by atoms with Crippen LogP contribution in [0.4, 0.5) is 17.6 Å². The predicted molar refractivity (Wildman–Crippen MR) is 110 cm³/mol. The van der Waals surface area contributed by atoms with Gasteiger partial charge >= 0.3 is 6.36 Å². The Kier molecular flexibility index (Phi) is 7.09. The van der Waals surface area contributed by atoms with E-state index in [0.29, 0.717) is 11.1 Å². The summed E-state index contributed by atoms with van der Waals surface area (Å²) in [6, 6.07) is 8.22. The van der Waals surface area contributed by atoms with Crippen molar-refractivity contribution in [1.29, 1.82) is 0 Å². The lowest BCUT2D eigenvalue weighted by Crippen LogP contribution is -2.54. The minimum atomic E-state index is -4.80. The molecule has 0 amide bonds. The van der Waals surface area contributed by atoms with Gasteiger partial charge in [-0.3, -0.25) is 15.1 Å². The summed E-state index contributed by atoms with van der Waals surface area (Å²) < 4.78 is 54.9. The van der Waals surface area contributed by atoms with Gasteiger partial charge in [0.25, 0.3) is 0 Å². The van der Waals surface area contributed by atoms with Gasteiger partial charge in [-0.15, -0.1) is 13.2 Å². The van der Waals surface area contributed by atoms with E-state index in [-0.39, 0.29) is 11.4 Å². The lowest BCUT2D eigenvalue weighted by molar-refractivity contribution is -0.501. The molecule has 1 aromatic heterocycles. The number of halogens is 4. The first-order chi connectivity index (χ1) is 14.7.